The van der Waals surface area contributed by atoms with Gasteiger partial charge in [-0.2, -0.15) is 0 Å². The van der Waals surface area contributed by atoms with E-state index >= 15 is 0 Å². The molecule has 1 aliphatic heterocycles. The topological polar surface area (TPSA) is 49.4 Å². The van der Waals surface area contributed by atoms with Gasteiger partial charge in [0.1, 0.15) is 6.04 Å². The average Bonchev–Trinajstić information content (AvgIpc) is 3.27. The molecule has 4 heteroatoms. The van der Waals surface area contributed by atoms with E-state index in [-0.39, 0.29) is 24.4 Å². The molecule has 104 valence electrons. The molecular weight excluding hydrogens is 240 g/mol. The van der Waals surface area contributed by atoms with Crippen LogP contribution in [0.4, 0.5) is 0 Å². The lowest BCUT2D eigenvalue weighted by Crippen LogP contribution is -2.59. The van der Waals surface area contributed by atoms with Crippen molar-refractivity contribution in [2.45, 2.75) is 44.6 Å². The zero-order chi connectivity index (χ0) is 13.0. The number of piperazine rings is 1. The quantitative estimate of drug-likeness (QED) is 0.808. The standard InChI is InChI=1S/C15H22N2O2/c18-13-8-17(15(19)14(16-13)11-5-6-11)7-12(9-1-2-9)10-3-4-10/h9-12,14H,1-8H2,(H,16,18). The van der Waals surface area contributed by atoms with E-state index in [9.17, 15) is 9.59 Å². The first kappa shape index (κ1) is 11.7. The summed E-state index contributed by atoms with van der Waals surface area (Å²) in [5.41, 5.74) is 0. The van der Waals surface area contributed by atoms with E-state index in [1.807, 2.05) is 4.90 Å². The summed E-state index contributed by atoms with van der Waals surface area (Å²) < 4.78 is 0. The molecular formula is C15H22N2O2. The van der Waals surface area contributed by atoms with Crippen LogP contribution in [0.1, 0.15) is 38.5 Å². The Labute approximate surface area is 113 Å². The second-order valence-electron chi connectivity index (χ2n) is 6.94. The number of amides is 2. The molecule has 19 heavy (non-hydrogen) atoms. The third kappa shape index (κ3) is 2.37. The number of rotatable bonds is 5. The summed E-state index contributed by atoms with van der Waals surface area (Å²) in [5.74, 6) is 3.00. The molecule has 0 spiro atoms. The number of hydrogen-bond acceptors (Lipinski definition) is 2. The van der Waals surface area contributed by atoms with Crippen molar-refractivity contribution >= 4 is 11.8 Å². The number of hydrogen-bond donors (Lipinski definition) is 1. The van der Waals surface area contributed by atoms with Gasteiger partial charge in [-0.3, -0.25) is 9.59 Å². The molecule has 0 bridgehead atoms. The Kier molecular flexibility index (Phi) is 2.61. The van der Waals surface area contributed by atoms with E-state index in [2.05, 4.69) is 5.32 Å². The molecule has 3 saturated carbocycles. The van der Waals surface area contributed by atoms with Crippen molar-refractivity contribution in [3.63, 3.8) is 0 Å². The maximum Gasteiger partial charge on any atom is 0.245 e. The van der Waals surface area contributed by atoms with Crippen LogP contribution in [0.3, 0.4) is 0 Å². The Hall–Kier alpha value is -1.06. The highest BCUT2D eigenvalue weighted by atomic mass is 16.2. The van der Waals surface area contributed by atoms with Crippen molar-refractivity contribution in [2.24, 2.45) is 23.7 Å². The Morgan fingerprint density at radius 2 is 1.68 bits per heavy atom. The Morgan fingerprint density at radius 1 is 1.05 bits per heavy atom. The van der Waals surface area contributed by atoms with E-state index in [0.29, 0.717) is 11.8 Å². The minimum Gasteiger partial charge on any atom is -0.342 e. The fourth-order valence-electron chi connectivity index (χ4n) is 3.62. The van der Waals surface area contributed by atoms with Crippen LogP contribution < -0.4 is 5.32 Å². The van der Waals surface area contributed by atoms with E-state index in [0.717, 1.165) is 31.2 Å². The van der Waals surface area contributed by atoms with Gasteiger partial charge in [0.2, 0.25) is 11.8 Å². The summed E-state index contributed by atoms with van der Waals surface area (Å²) in [7, 11) is 0. The van der Waals surface area contributed by atoms with Crippen LogP contribution in [0.2, 0.25) is 0 Å². The van der Waals surface area contributed by atoms with E-state index in [1.54, 1.807) is 0 Å². The van der Waals surface area contributed by atoms with Crippen molar-refractivity contribution in [3.05, 3.63) is 0 Å². The summed E-state index contributed by atoms with van der Waals surface area (Å²) in [5, 5.41) is 2.89. The number of carbonyl (C=O) groups excluding carboxylic acids is 2. The lowest BCUT2D eigenvalue weighted by Gasteiger charge is -2.35. The van der Waals surface area contributed by atoms with Crippen LogP contribution in [0, 0.1) is 23.7 Å². The van der Waals surface area contributed by atoms with Crippen molar-refractivity contribution in [3.8, 4) is 0 Å². The van der Waals surface area contributed by atoms with E-state index in [1.165, 1.54) is 25.7 Å². The summed E-state index contributed by atoms with van der Waals surface area (Å²) >= 11 is 0. The van der Waals surface area contributed by atoms with Gasteiger partial charge in [0.05, 0.1) is 6.54 Å². The maximum atomic E-state index is 12.5. The van der Waals surface area contributed by atoms with Crippen LogP contribution in [0.15, 0.2) is 0 Å². The SMILES string of the molecule is O=C1CN(CC(C2CC2)C2CC2)C(=O)C(C2CC2)N1. The highest BCUT2D eigenvalue weighted by Crippen LogP contribution is 2.49. The minimum absolute atomic E-state index is 0.0434. The van der Waals surface area contributed by atoms with Gasteiger partial charge in [-0.15, -0.1) is 0 Å². The molecule has 2 amide bonds. The minimum atomic E-state index is -0.208. The molecule has 1 saturated heterocycles. The smallest absolute Gasteiger partial charge is 0.245 e. The third-order valence-electron chi connectivity index (χ3n) is 5.21. The number of carbonyl (C=O) groups is 2. The van der Waals surface area contributed by atoms with Crippen molar-refractivity contribution in [2.75, 3.05) is 13.1 Å². The summed E-state index contributed by atoms with van der Waals surface area (Å²) in [6.45, 7) is 1.13. The van der Waals surface area contributed by atoms with Gasteiger partial charge in [-0.1, -0.05) is 0 Å². The van der Waals surface area contributed by atoms with Gasteiger partial charge in [-0.05, 0) is 62.2 Å². The molecule has 0 radical (unpaired) electrons. The van der Waals surface area contributed by atoms with Gasteiger partial charge in [0.25, 0.3) is 0 Å². The molecule has 1 atom stereocenters. The second kappa shape index (κ2) is 4.22. The Morgan fingerprint density at radius 3 is 2.21 bits per heavy atom. The van der Waals surface area contributed by atoms with Crippen molar-refractivity contribution < 1.29 is 9.59 Å². The largest absolute Gasteiger partial charge is 0.342 e. The lowest BCUT2D eigenvalue weighted by molar-refractivity contribution is -0.145. The highest BCUT2D eigenvalue weighted by molar-refractivity contribution is 5.95. The molecule has 0 aromatic carbocycles. The molecule has 4 nitrogen and oxygen atoms in total. The molecule has 1 unspecified atom stereocenters. The van der Waals surface area contributed by atoms with Gasteiger partial charge in [0.15, 0.2) is 0 Å². The zero-order valence-electron chi connectivity index (χ0n) is 11.3. The van der Waals surface area contributed by atoms with Crippen LogP contribution >= 0.6 is 0 Å². The summed E-state index contributed by atoms with van der Waals surface area (Å²) in [6, 6.07) is -0.208. The molecule has 0 aromatic rings. The summed E-state index contributed by atoms with van der Waals surface area (Å²) in [6.07, 6.45) is 7.53. The Balaban J connectivity index is 1.45. The molecule has 3 aliphatic carbocycles. The first-order valence-electron chi connectivity index (χ1n) is 7.80. The lowest BCUT2D eigenvalue weighted by atomic mass is 9.96. The molecule has 4 fully saturated rings. The fourth-order valence-corrected chi connectivity index (χ4v) is 3.62. The first-order valence-corrected chi connectivity index (χ1v) is 7.80. The molecule has 1 heterocycles. The second-order valence-corrected chi connectivity index (χ2v) is 6.94. The monoisotopic (exact) mass is 262 g/mol. The van der Waals surface area contributed by atoms with Gasteiger partial charge in [-0.25, -0.2) is 0 Å². The van der Waals surface area contributed by atoms with E-state index in [4.69, 9.17) is 0 Å². The van der Waals surface area contributed by atoms with Crippen LogP contribution in [-0.2, 0) is 9.59 Å². The van der Waals surface area contributed by atoms with Crippen molar-refractivity contribution in [1.82, 2.24) is 10.2 Å². The third-order valence-corrected chi connectivity index (χ3v) is 5.21. The predicted molar refractivity (Wildman–Crippen MR) is 70.2 cm³/mol. The summed E-state index contributed by atoms with van der Waals surface area (Å²) in [4.78, 5) is 26.2. The molecule has 0 aromatic heterocycles. The average molecular weight is 262 g/mol. The van der Waals surface area contributed by atoms with Gasteiger partial charge < -0.3 is 10.2 Å². The van der Waals surface area contributed by atoms with Crippen LogP contribution in [-0.4, -0.2) is 35.8 Å². The highest BCUT2D eigenvalue weighted by Gasteiger charge is 2.46. The zero-order valence-corrected chi connectivity index (χ0v) is 11.3. The maximum absolute atomic E-state index is 12.5. The fraction of sp³-hybridized carbons (Fsp3) is 0.867. The Bertz CT molecular complexity index is 398. The molecule has 4 rings (SSSR count). The van der Waals surface area contributed by atoms with Gasteiger partial charge >= 0.3 is 0 Å². The number of nitrogens with one attached hydrogen (secondary N) is 1. The normalized spacial score (nSPS) is 31.8. The van der Waals surface area contributed by atoms with Crippen LogP contribution in [0.25, 0.3) is 0 Å². The van der Waals surface area contributed by atoms with Crippen molar-refractivity contribution in [1.29, 1.82) is 0 Å². The van der Waals surface area contributed by atoms with Crippen LogP contribution in [0.5, 0.6) is 0 Å². The van der Waals surface area contributed by atoms with Gasteiger partial charge in [0, 0.05) is 6.54 Å². The molecule has 4 aliphatic rings. The molecule has 1 N–H and O–H groups in total. The number of nitrogens with zero attached hydrogens (tertiary/aromatic N) is 1. The predicted octanol–water partition coefficient (Wildman–Crippen LogP) is 1.16. The first-order chi connectivity index (χ1) is 9.22. The van der Waals surface area contributed by atoms with E-state index < -0.39 is 0 Å².